The Morgan fingerprint density at radius 2 is 2.25 bits per heavy atom. The average molecular weight is 214 g/mol. The van der Waals surface area contributed by atoms with Crippen LogP contribution in [0.2, 0.25) is 0 Å². The first kappa shape index (κ1) is 9.91. The van der Waals surface area contributed by atoms with Crippen molar-refractivity contribution in [3.8, 4) is 0 Å². The van der Waals surface area contributed by atoms with E-state index in [1.165, 1.54) is 29.4 Å². The zero-order valence-electron chi connectivity index (χ0n) is 9.66. The van der Waals surface area contributed by atoms with Gasteiger partial charge in [0.2, 0.25) is 0 Å². The molecule has 0 aliphatic heterocycles. The minimum Gasteiger partial charge on any atom is -0.361 e. The number of aromatic amines is 1. The lowest BCUT2D eigenvalue weighted by Crippen LogP contribution is -2.16. The minimum absolute atomic E-state index is 0.925. The molecule has 0 spiro atoms. The molecule has 1 aliphatic rings. The van der Waals surface area contributed by atoms with E-state index < -0.39 is 0 Å². The number of aromatic nitrogens is 1. The number of nitrogens with one attached hydrogen (secondary N) is 2. The number of fused-ring (bicyclic) bond motifs is 1. The van der Waals surface area contributed by atoms with Gasteiger partial charge in [0, 0.05) is 18.3 Å². The van der Waals surface area contributed by atoms with Gasteiger partial charge in [-0.05, 0) is 47.9 Å². The third-order valence-corrected chi connectivity index (χ3v) is 3.63. The normalized spacial score (nSPS) is 23.8. The van der Waals surface area contributed by atoms with Crippen LogP contribution in [0.4, 0.5) is 0 Å². The van der Waals surface area contributed by atoms with Crippen LogP contribution in [0.1, 0.15) is 18.9 Å². The summed E-state index contributed by atoms with van der Waals surface area (Å²) >= 11 is 0. The molecule has 0 radical (unpaired) electrons. The van der Waals surface area contributed by atoms with E-state index in [2.05, 4.69) is 41.5 Å². The van der Waals surface area contributed by atoms with Crippen LogP contribution < -0.4 is 5.32 Å². The molecule has 0 saturated heterocycles. The summed E-state index contributed by atoms with van der Waals surface area (Å²) in [5, 5.41) is 4.83. The fourth-order valence-corrected chi connectivity index (χ4v) is 2.29. The first-order valence-electron chi connectivity index (χ1n) is 6.09. The SMILES string of the molecule is CC1CC1CNCc1ccc2cc[nH]c2c1. The van der Waals surface area contributed by atoms with E-state index in [0.717, 1.165) is 18.4 Å². The smallest absolute Gasteiger partial charge is 0.0457 e. The number of hydrogen-bond donors (Lipinski definition) is 2. The molecule has 1 aromatic heterocycles. The van der Waals surface area contributed by atoms with Crippen molar-refractivity contribution in [3.63, 3.8) is 0 Å². The highest BCUT2D eigenvalue weighted by Gasteiger charge is 2.31. The number of H-pyrrole nitrogens is 1. The fraction of sp³-hybridized carbons (Fsp3) is 0.429. The number of hydrogen-bond acceptors (Lipinski definition) is 1. The van der Waals surface area contributed by atoms with Crippen LogP contribution in [-0.4, -0.2) is 11.5 Å². The topological polar surface area (TPSA) is 27.8 Å². The fourth-order valence-electron chi connectivity index (χ4n) is 2.29. The molecule has 84 valence electrons. The van der Waals surface area contributed by atoms with Crippen molar-refractivity contribution in [2.45, 2.75) is 19.9 Å². The average Bonchev–Trinajstić information content (AvgIpc) is 2.80. The maximum Gasteiger partial charge on any atom is 0.0457 e. The predicted octanol–water partition coefficient (Wildman–Crippen LogP) is 2.91. The van der Waals surface area contributed by atoms with Crippen molar-refractivity contribution >= 4 is 10.9 Å². The van der Waals surface area contributed by atoms with E-state index in [0.29, 0.717) is 0 Å². The van der Waals surface area contributed by atoms with Crippen molar-refractivity contribution in [3.05, 3.63) is 36.0 Å². The van der Waals surface area contributed by atoms with Gasteiger partial charge in [-0.3, -0.25) is 0 Å². The van der Waals surface area contributed by atoms with Crippen LogP contribution in [0.15, 0.2) is 30.5 Å². The molecule has 1 aromatic carbocycles. The minimum atomic E-state index is 0.925. The molecular weight excluding hydrogens is 196 g/mol. The number of rotatable bonds is 4. The second-order valence-electron chi connectivity index (χ2n) is 5.00. The van der Waals surface area contributed by atoms with Crippen LogP contribution in [0, 0.1) is 11.8 Å². The summed E-state index contributed by atoms with van der Waals surface area (Å²) in [6.07, 6.45) is 3.40. The zero-order valence-corrected chi connectivity index (χ0v) is 9.66. The van der Waals surface area contributed by atoms with Gasteiger partial charge >= 0.3 is 0 Å². The molecule has 1 aliphatic carbocycles. The molecule has 1 heterocycles. The lowest BCUT2D eigenvalue weighted by Gasteiger charge is -2.04. The van der Waals surface area contributed by atoms with Crippen molar-refractivity contribution < 1.29 is 0 Å². The van der Waals surface area contributed by atoms with Crippen molar-refractivity contribution in [1.29, 1.82) is 0 Å². The summed E-state index contributed by atoms with van der Waals surface area (Å²) in [4.78, 5) is 3.25. The van der Waals surface area contributed by atoms with Gasteiger partial charge < -0.3 is 10.3 Å². The Balaban J connectivity index is 1.60. The molecule has 0 bridgehead atoms. The predicted molar refractivity (Wildman–Crippen MR) is 67.3 cm³/mol. The summed E-state index contributed by atoms with van der Waals surface area (Å²) in [5.41, 5.74) is 2.60. The van der Waals surface area contributed by atoms with E-state index in [9.17, 15) is 0 Å². The molecule has 3 rings (SSSR count). The van der Waals surface area contributed by atoms with E-state index in [1.807, 2.05) is 6.20 Å². The molecule has 1 saturated carbocycles. The molecule has 16 heavy (non-hydrogen) atoms. The van der Waals surface area contributed by atoms with Gasteiger partial charge in [-0.25, -0.2) is 0 Å². The Kier molecular flexibility index (Phi) is 2.44. The summed E-state index contributed by atoms with van der Waals surface area (Å²) in [6.45, 7) is 4.49. The molecular formula is C14H18N2. The highest BCUT2D eigenvalue weighted by atomic mass is 14.9. The largest absolute Gasteiger partial charge is 0.361 e. The molecule has 2 atom stereocenters. The lowest BCUT2D eigenvalue weighted by atomic mass is 10.1. The molecule has 1 fully saturated rings. The van der Waals surface area contributed by atoms with E-state index in [4.69, 9.17) is 0 Å². The van der Waals surface area contributed by atoms with Crippen molar-refractivity contribution in [1.82, 2.24) is 10.3 Å². The monoisotopic (exact) mass is 214 g/mol. The zero-order chi connectivity index (χ0) is 11.0. The molecule has 2 unspecified atom stereocenters. The Morgan fingerprint density at radius 1 is 1.38 bits per heavy atom. The van der Waals surface area contributed by atoms with Gasteiger partial charge in [0.05, 0.1) is 0 Å². The summed E-state index contributed by atoms with van der Waals surface area (Å²) in [6, 6.07) is 8.74. The summed E-state index contributed by atoms with van der Waals surface area (Å²) < 4.78 is 0. The standard InChI is InChI=1S/C14H18N2/c1-10-6-13(10)9-15-8-11-2-3-12-4-5-16-14(12)7-11/h2-5,7,10,13,15-16H,6,8-9H2,1H3. The Hall–Kier alpha value is -1.28. The van der Waals surface area contributed by atoms with Crippen molar-refractivity contribution in [2.75, 3.05) is 6.54 Å². The molecule has 2 nitrogen and oxygen atoms in total. The number of benzene rings is 1. The van der Waals surface area contributed by atoms with Crippen LogP contribution in [0.3, 0.4) is 0 Å². The van der Waals surface area contributed by atoms with Crippen molar-refractivity contribution in [2.24, 2.45) is 11.8 Å². The van der Waals surface area contributed by atoms with Gasteiger partial charge in [-0.2, -0.15) is 0 Å². The van der Waals surface area contributed by atoms with Gasteiger partial charge in [0.1, 0.15) is 0 Å². The van der Waals surface area contributed by atoms with E-state index in [1.54, 1.807) is 0 Å². The van der Waals surface area contributed by atoms with Crippen LogP contribution in [0.5, 0.6) is 0 Å². The highest BCUT2D eigenvalue weighted by molar-refractivity contribution is 5.79. The van der Waals surface area contributed by atoms with Gasteiger partial charge in [-0.15, -0.1) is 0 Å². The maximum absolute atomic E-state index is 3.54. The van der Waals surface area contributed by atoms with Gasteiger partial charge in [0.25, 0.3) is 0 Å². The Morgan fingerprint density at radius 3 is 3.06 bits per heavy atom. The molecule has 0 amide bonds. The first-order valence-corrected chi connectivity index (χ1v) is 6.09. The molecule has 2 heteroatoms. The van der Waals surface area contributed by atoms with Crippen LogP contribution in [0.25, 0.3) is 10.9 Å². The third-order valence-electron chi connectivity index (χ3n) is 3.63. The van der Waals surface area contributed by atoms with Crippen LogP contribution >= 0.6 is 0 Å². The second kappa shape index (κ2) is 3.95. The third kappa shape index (κ3) is 1.98. The Bertz CT molecular complexity index is 486. The quantitative estimate of drug-likeness (QED) is 0.804. The maximum atomic E-state index is 3.54. The highest BCUT2D eigenvalue weighted by Crippen LogP contribution is 2.36. The van der Waals surface area contributed by atoms with Crippen LogP contribution in [-0.2, 0) is 6.54 Å². The lowest BCUT2D eigenvalue weighted by molar-refractivity contribution is 0.612. The van der Waals surface area contributed by atoms with Gasteiger partial charge in [-0.1, -0.05) is 19.1 Å². The first-order chi connectivity index (χ1) is 7.83. The Labute approximate surface area is 96.1 Å². The molecule has 2 N–H and O–H groups in total. The van der Waals surface area contributed by atoms with Gasteiger partial charge in [0.15, 0.2) is 0 Å². The second-order valence-corrected chi connectivity index (χ2v) is 5.00. The van der Waals surface area contributed by atoms with E-state index in [-0.39, 0.29) is 0 Å². The van der Waals surface area contributed by atoms with E-state index >= 15 is 0 Å². The summed E-state index contributed by atoms with van der Waals surface area (Å²) in [7, 11) is 0. The summed E-state index contributed by atoms with van der Waals surface area (Å²) in [5.74, 6) is 1.87. The molecule has 2 aromatic rings.